The van der Waals surface area contributed by atoms with Crippen molar-refractivity contribution in [1.82, 2.24) is 14.5 Å². The molecule has 1 saturated heterocycles. The van der Waals surface area contributed by atoms with Gasteiger partial charge in [-0.15, -0.1) is 0 Å². The lowest BCUT2D eigenvalue weighted by Gasteiger charge is -2.33. The van der Waals surface area contributed by atoms with Gasteiger partial charge < -0.3 is 5.11 Å². The van der Waals surface area contributed by atoms with Gasteiger partial charge in [-0.1, -0.05) is 11.8 Å². The quantitative estimate of drug-likeness (QED) is 0.328. The summed E-state index contributed by atoms with van der Waals surface area (Å²) < 4.78 is 26.9. The first kappa shape index (κ1) is 19.7. The molecule has 1 aromatic carbocycles. The van der Waals surface area contributed by atoms with Crippen LogP contribution in [0.15, 0.2) is 34.2 Å². The minimum Gasteiger partial charge on any atom is -0.395 e. The molecule has 0 aromatic heterocycles. The highest BCUT2D eigenvalue weighted by Crippen LogP contribution is 2.21. The minimum atomic E-state index is -3.54. The second-order valence-electron chi connectivity index (χ2n) is 5.32. The van der Waals surface area contributed by atoms with Gasteiger partial charge in [0.15, 0.2) is 11.4 Å². The largest absolute Gasteiger partial charge is 0.395 e. The van der Waals surface area contributed by atoms with E-state index in [1.54, 1.807) is 24.6 Å². The average Bonchev–Trinajstić information content (AvgIpc) is 2.62. The highest BCUT2D eigenvalue weighted by atomic mass is 32.2. The Bertz CT molecular complexity index is 735. The molecule has 10 heteroatoms. The summed E-state index contributed by atoms with van der Waals surface area (Å²) in [6, 6.07) is 6.28. The fourth-order valence-electron chi connectivity index (χ4n) is 2.47. The molecule has 0 bridgehead atoms. The van der Waals surface area contributed by atoms with E-state index in [9.17, 15) is 8.42 Å². The molecule has 0 unspecified atom stereocenters. The lowest BCUT2D eigenvalue weighted by molar-refractivity contribution is 0.151. The predicted octanol–water partition coefficient (Wildman–Crippen LogP) is 0.406. The number of thioether (sulfide) groups is 1. The van der Waals surface area contributed by atoms with Crippen molar-refractivity contribution in [2.24, 2.45) is 4.99 Å². The molecule has 8 nitrogen and oxygen atoms in total. The maximum Gasteiger partial charge on any atom is 0.243 e. The molecule has 1 aromatic rings. The molecule has 1 heterocycles. The van der Waals surface area contributed by atoms with Gasteiger partial charge in [0.25, 0.3) is 0 Å². The van der Waals surface area contributed by atoms with Crippen LogP contribution >= 0.6 is 11.8 Å². The Hall–Kier alpha value is -1.64. The summed E-state index contributed by atoms with van der Waals surface area (Å²) in [4.78, 5) is 6.50. The number of aliphatic imine (C=N–C) groups is 1. The first-order chi connectivity index (χ1) is 12.0. The second kappa shape index (κ2) is 9.17. The summed E-state index contributed by atoms with van der Waals surface area (Å²) >= 11 is 1.29. The molecule has 2 N–H and O–H groups in total. The maximum atomic E-state index is 12.7. The molecule has 2 rings (SSSR count). The van der Waals surface area contributed by atoms with E-state index in [1.165, 1.54) is 28.2 Å². The van der Waals surface area contributed by atoms with Crippen molar-refractivity contribution in [1.29, 1.82) is 5.26 Å². The van der Waals surface area contributed by atoms with Crippen LogP contribution in [0.1, 0.15) is 0 Å². The second-order valence-corrected chi connectivity index (χ2v) is 8.05. The molecule has 25 heavy (non-hydrogen) atoms. The number of rotatable bonds is 5. The zero-order valence-electron chi connectivity index (χ0n) is 13.9. The molecule has 0 aliphatic carbocycles. The third-order valence-electron chi connectivity index (χ3n) is 3.81. The number of aliphatic hydroxyl groups excluding tert-OH is 1. The van der Waals surface area contributed by atoms with Crippen molar-refractivity contribution in [3.8, 4) is 6.19 Å². The minimum absolute atomic E-state index is 0.0768. The number of amidine groups is 1. The predicted molar refractivity (Wildman–Crippen MR) is 98.1 cm³/mol. The van der Waals surface area contributed by atoms with Gasteiger partial charge in [0, 0.05) is 32.7 Å². The number of nitrogens with zero attached hydrogens (tertiary/aromatic N) is 4. The van der Waals surface area contributed by atoms with E-state index >= 15 is 0 Å². The monoisotopic (exact) mass is 383 g/mol. The van der Waals surface area contributed by atoms with E-state index in [0.717, 1.165) is 0 Å². The molecule has 0 atom stereocenters. The van der Waals surface area contributed by atoms with Crippen molar-refractivity contribution >= 4 is 32.6 Å². The molecule has 136 valence electrons. The Kier molecular flexibility index (Phi) is 7.22. The Labute approximate surface area is 152 Å². The lowest BCUT2D eigenvalue weighted by atomic mass is 10.3. The van der Waals surface area contributed by atoms with Gasteiger partial charge in [-0.25, -0.2) is 13.4 Å². The number of β-amino-alcohol motifs (C(OH)–C–C–N with tert-alkyl or cyclic N) is 1. The van der Waals surface area contributed by atoms with Crippen LogP contribution in [0.25, 0.3) is 0 Å². The van der Waals surface area contributed by atoms with Crippen molar-refractivity contribution in [2.45, 2.75) is 4.90 Å². The molecule has 1 fully saturated rings. The van der Waals surface area contributed by atoms with Gasteiger partial charge in [-0.3, -0.25) is 10.2 Å². The molecule has 0 saturated carbocycles. The van der Waals surface area contributed by atoms with Crippen LogP contribution in [-0.4, -0.2) is 73.5 Å². The van der Waals surface area contributed by atoms with E-state index in [4.69, 9.17) is 10.4 Å². The first-order valence-corrected chi connectivity index (χ1v) is 10.4. The lowest BCUT2D eigenvalue weighted by Crippen LogP contribution is -2.49. The van der Waals surface area contributed by atoms with Gasteiger partial charge in [-0.2, -0.15) is 9.57 Å². The molecule has 1 aliphatic heterocycles. The summed E-state index contributed by atoms with van der Waals surface area (Å²) in [5, 5.41) is 20.5. The normalized spacial score (nSPS) is 17.2. The maximum absolute atomic E-state index is 12.7. The third-order valence-corrected chi connectivity index (χ3v) is 6.30. The van der Waals surface area contributed by atoms with Crippen molar-refractivity contribution < 1.29 is 13.5 Å². The number of piperazine rings is 1. The van der Waals surface area contributed by atoms with Gasteiger partial charge >= 0.3 is 0 Å². The number of nitrogens with one attached hydrogen (secondary N) is 1. The first-order valence-electron chi connectivity index (χ1n) is 7.72. The highest BCUT2D eigenvalue weighted by molar-refractivity contribution is 8.13. The molecule has 0 radical (unpaired) electrons. The SMILES string of the molecule is CSC(=Nc1ccc(S(=O)(=O)N2CCN(CCO)CC2)cc1)NC#N. The van der Waals surface area contributed by atoms with Crippen molar-refractivity contribution in [3.05, 3.63) is 24.3 Å². The van der Waals surface area contributed by atoms with Gasteiger partial charge in [0.1, 0.15) is 0 Å². The van der Waals surface area contributed by atoms with E-state index in [2.05, 4.69) is 10.3 Å². The zero-order chi connectivity index (χ0) is 18.3. The number of aliphatic hydroxyl groups is 1. The van der Waals surface area contributed by atoms with Crippen LogP contribution in [0, 0.1) is 11.5 Å². The van der Waals surface area contributed by atoms with Crippen LogP contribution in [-0.2, 0) is 10.0 Å². The summed E-state index contributed by atoms with van der Waals surface area (Å²) in [5.41, 5.74) is 0.568. The number of sulfonamides is 1. The fourth-order valence-corrected chi connectivity index (χ4v) is 4.23. The van der Waals surface area contributed by atoms with Crippen molar-refractivity contribution in [3.63, 3.8) is 0 Å². The highest BCUT2D eigenvalue weighted by Gasteiger charge is 2.28. The van der Waals surface area contributed by atoms with Gasteiger partial charge in [0.2, 0.25) is 10.0 Å². The van der Waals surface area contributed by atoms with E-state index in [0.29, 0.717) is 43.6 Å². The standard InChI is InChI=1S/C15H21N5O3S2/c1-24-15(17-12-16)18-13-2-4-14(5-3-13)25(22,23)20-8-6-19(7-9-20)10-11-21/h2-5,21H,6-11H2,1H3,(H,17,18). The Balaban J connectivity index is 2.09. The average molecular weight is 383 g/mol. The fraction of sp³-hybridized carbons (Fsp3) is 0.467. The number of hydrogen-bond donors (Lipinski definition) is 2. The van der Waals surface area contributed by atoms with E-state index in [1.807, 2.05) is 4.90 Å². The number of hydrogen-bond acceptors (Lipinski definition) is 7. The van der Waals surface area contributed by atoms with Crippen LogP contribution in [0.4, 0.5) is 5.69 Å². The summed E-state index contributed by atoms with van der Waals surface area (Å²) in [6.07, 6.45) is 3.60. The Morgan fingerprint density at radius 2 is 1.96 bits per heavy atom. The van der Waals surface area contributed by atoms with Crippen LogP contribution in [0.5, 0.6) is 0 Å². The van der Waals surface area contributed by atoms with E-state index < -0.39 is 10.0 Å². The summed E-state index contributed by atoms with van der Waals surface area (Å²) in [6.45, 7) is 2.68. The Morgan fingerprint density at radius 3 is 2.48 bits per heavy atom. The molecule has 0 amide bonds. The van der Waals surface area contributed by atoms with Crippen LogP contribution in [0.2, 0.25) is 0 Å². The number of nitriles is 1. The topological polar surface area (TPSA) is 109 Å². The van der Waals surface area contributed by atoms with Crippen LogP contribution < -0.4 is 5.32 Å². The molecule has 0 spiro atoms. The molecule has 1 aliphatic rings. The third kappa shape index (κ3) is 5.17. The van der Waals surface area contributed by atoms with E-state index in [-0.39, 0.29) is 11.5 Å². The summed E-state index contributed by atoms with van der Waals surface area (Å²) in [7, 11) is -3.54. The smallest absolute Gasteiger partial charge is 0.243 e. The molecular formula is C15H21N5O3S2. The summed E-state index contributed by atoms with van der Waals surface area (Å²) in [5.74, 6) is 0. The molecular weight excluding hydrogens is 362 g/mol. The van der Waals surface area contributed by atoms with Crippen molar-refractivity contribution in [2.75, 3.05) is 45.6 Å². The van der Waals surface area contributed by atoms with Gasteiger partial charge in [-0.05, 0) is 30.5 Å². The number of benzene rings is 1. The van der Waals surface area contributed by atoms with Crippen LogP contribution in [0.3, 0.4) is 0 Å². The van der Waals surface area contributed by atoms with Gasteiger partial charge in [0.05, 0.1) is 17.2 Å². The Morgan fingerprint density at radius 1 is 1.32 bits per heavy atom. The zero-order valence-corrected chi connectivity index (χ0v) is 15.6.